The molecule has 5 heteroatoms. The van der Waals surface area contributed by atoms with Crippen LogP contribution in [0.1, 0.15) is 41.9 Å². The van der Waals surface area contributed by atoms with Crippen LogP contribution in [0.4, 0.5) is 0 Å². The van der Waals surface area contributed by atoms with Gasteiger partial charge in [-0.15, -0.1) is 10.2 Å². The number of nitrogens with zero attached hydrogens (tertiary/aromatic N) is 2. The van der Waals surface area contributed by atoms with Crippen molar-refractivity contribution in [1.82, 2.24) is 15.5 Å². The quantitative estimate of drug-likeness (QED) is 0.873. The fraction of sp³-hybridized carbons (Fsp3) is 0.500. The van der Waals surface area contributed by atoms with E-state index < -0.39 is 0 Å². The van der Waals surface area contributed by atoms with Crippen LogP contribution in [0.3, 0.4) is 0 Å². The number of rotatable bonds is 6. The summed E-state index contributed by atoms with van der Waals surface area (Å²) in [5.41, 5.74) is 1.33. The van der Waals surface area contributed by atoms with Crippen LogP contribution >= 0.6 is 22.7 Å². The highest BCUT2D eigenvalue weighted by Crippen LogP contribution is 2.22. The van der Waals surface area contributed by atoms with E-state index in [1.165, 1.54) is 5.56 Å². The van der Waals surface area contributed by atoms with E-state index in [9.17, 15) is 0 Å². The Bertz CT molecular complexity index is 436. The fourth-order valence-electron chi connectivity index (χ4n) is 1.70. The Balaban J connectivity index is 2.04. The highest BCUT2D eigenvalue weighted by Gasteiger charge is 2.13. The molecule has 2 rings (SSSR count). The van der Waals surface area contributed by atoms with Gasteiger partial charge in [-0.1, -0.05) is 25.2 Å². The third kappa shape index (κ3) is 3.34. The summed E-state index contributed by atoms with van der Waals surface area (Å²) in [7, 11) is 0. The molecule has 0 spiro atoms. The molecule has 1 N–H and O–H groups in total. The van der Waals surface area contributed by atoms with E-state index in [4.69, 9.17) is 0 Å². The minimum absolute atomic E-state index is 0.355. The van der Waals surface area contributed by atoms with Gasteiger partial charge in [-0.25, -0.2) is 0 Å². The van der Waals surface area contributed by atoms with Crippen molar-refractivity contribution in [2.75, 3.05) is 6.54 Å². The van der Waals surface area contributed by atoms with Crippen LogP contribution in [0.5, 0.6) is 0 Å². The molecule has 0 radical (unpaired) electrons. The summed E-state index contributed by atoms with van der Waals surface area (Å²) in [4.78, 5) is 0. The Morgan fingerprint density at radius 2 is 2.24 bits per heavy atom. The molecule has 2 aromatic rings. The monoisotopic (exact) mass is 267 g/mol. The summed E-state index contributed by atoms with van der Waals surface area (Å²) in [6.07, 6.45) is 1.96. The third-order valence-electron chi connectivity index (χ3n) is 2.57. The predicted molar refractivity (Wildman–Crippen MR) is 73.7 cm³/mol. The van der Waals surface area contributed by atoms with Gasteiger partial charge in [-0.3, -0.25) is 0 Å². The highest BCUT2D eigenvalue weighted by molar-refractivity contribution is 7.11. The summed E-state index contributed by atoms with van der Waals surface area (Å²) in [5.74, 6) is 0. The third-order valence-corrected chi connectivity index (χ3v) is 4.34. The van der Waals surface area contributed by atoms with Crippen molar-refractivity contribution in [3.63, 3.8) is 0 Å². The van der Waals surface area contributed by atoms with Crippen LogP contribution < -0.4 is 5.32 Å². The molecule has 1 atom stereocenters. The van der Waals surface area contributed by atoms with Gasteiger partial charge in [0.1, 0.15) is 10.0 Å². The number of aromatic nitrogens is 2. The maximum absolute atomic E-state index is 4.30. The smallest absolute Gasteiger partial charge is 0.134 e. The molecule has 92 valence electrons. The molecule has 0 aliphatic carbocycles. The molecule has 0 amide bonds. The number of nitrogens with one attached hydrogen (secondary N) is 1. The van der Waals surface area contributed by atoms with Crippen molar-refractivity contribution >= 4 is 22.7 Å². The first-order valence-electron chi connectivity index (χ1n) is 5.90. The zero-order valence-electron chi connectivity index (χ0n) is 10.1. The van der Waals surface area contributed by atoms with E-state index in [-0.39, 0.29) is 0 Å². The van der Waals surface area contributed by atoms with Crippen molar-refractivity contribution in [1.29, 1.82) is 0 Å². The predicted octanol–water partition coefficient (Wildman–Crippen LogP) is 3.25. The first kappa shape index (κ1) is 12.7. The molecule has 17 heavy (non-hydrogen) atoms. The Morgan fingerprint density at radius 1 is 1.35 bits per heavy atom. The van der Waals surface area contributed by atoms with Gasteiger partial charge < -0.3 is 5.32 Å². The molecule has 0 aromatic carbocycles. The van der Waals surface area contributed by atoms with Crippen LogP contribution in [-0.4, -0.2) is 16.7 Å². The average Bonchev–Trinajstić information content (AvgIpc) is 2.98. The van der Waals surface area contributed by atoms with Gasteiger partial charge in [0.2, 0.25) is 0 Å². The molecular formula is C12H17N3S2. The Hall–Kier alpha value is -0.780. The number of thiophene rings is 1. The van der Waals surface area contributed by atoms with Crippen LogP contribution in [0.15, 0.2) is 16.8 Å². The van der Waals surface area contributed by atoms with Gasteiger partial charge in [0, 0.05) is 6.42 Å². The molecule has 2 aromatic heterocycles. The molecule has 0 saturated carbocycles. The van der Waals surface area contributed by atoms with Crippen LogP contribution in [0.2, 0.25) is 0 Å². The first-order chi connectivity index (χ1) is 8.33. The van der Waals surface area contributed by atoms with E-state index in [1.807, 2.05) is 0 Å². The van der Waals surface area contributed by atoms with Crippen LogP contribution in [0, 0.1) is 0 Å². The van der Waals surface area contributed by atoms with E-state index >= 15 is 0 Å². The highest BCUT2D eigenvalue weighted by atomic mass is 32.1. The summed E-state index contributed by atoms with van der Waals surface area (Å²) in [5, 5.41) is 18.5. The lowest BCUT2D eigenvalue weighted by molar-refractivity contribution is 0.531. The Morgan fingerprint density at radius 3 is 2.88 bits per heavy atom. The Labute approximate surface area is 110 Å². The molecular weight excluding hydrogens is 250 g/mol. The largest absolute Gasteiger partial charge is 0.308 e. The topological polar surface area (TPSA) is 37.8 Å². The molecule has 0 aliphatic rings. The van der Waals surface area contributed by atoms with Crippen molar-refractivity contribution in [2.24, 2.45) is 0 Å². The summed E-state index contributed by atoms with van der Waals surface area (Å²) >= 11 is 3.45. The number of hydrogen-bond donors (Lipinski definition) is 1. The summed E-state index contributed by atoms with van der Waals surface area (Å²) in [6.45, 7) is 5.27. The lowest BCUT2D eigenvalue weighted by atomic mass is 10.2. The van der Waals surface area contributed by atoms with Gasteiger partial charge in [0.05, 0.1) is 6.04 Å². The normalized spacial score (nSPS) is 12.8. The lowest BCUT2D eigenvalue weighted by Gasteiger charge is -2.10. The second-order valence-corrected chi connectivity index (χ2v) is 5.73. The molecule has 0 bridgehead atoms. The van der Waals surface area contributed by atoms with Crippen molar-refractivity contribution in [3.05, 3.63) is 32.4 Å². The standard InChI is InChI=1S/C12H17N3S2/c1-3-10(13-4-2)12-15-14-11(17-12)7-9-5-6-16-8-9/h5-6,8,10,13H,3-4,7H2,1-2H3. The maximum atomic E-state index is 4.30. The lowest BCUT2D eigenvalue weighted by Crippen LogP contribution is -2.19. The first-order valence-corrected chi connectivity index (χ1v) is 7.66. The van der Waals surface area contributed by atoms with Gasteiger partial charge in [-0.05, 0) is 35.4 Å². The van der Waals surface area contributed by atoms with Gasteiger partial charge >= 0.3 is 0 Å². The zero-order valence-corrected chi connectivity index (χ0v) is 11.8. The van der Waals surface area contributed by atoms with E-state index in [2.05, 4.69) is 46.2 Å². The summed E-state index contributed by atoms with van der Waals surface area (Å²) < 4.78 is 0. The second-order valence-electron chi connectivity index (χ2n) is 3.86. The van der Waals surface area contributed by atoms with E-state index in [1.54, 1.807) is 22.7 Å². The molecule has 0 fully saturated rings. The molecule has 1 unspecified atom stereocenters. The summed E-state index contributed by atoms with van der Waals surface area (Å²) in [6, 6.07) is 2.50. The minimum atomic E-state index is 0.355. The van der Waals surface area contributed by atoms with Gasteiger partial charge in [-0.2, -0.15) is 11.3 Å². The number of hydrogen-bond acceptors (Lipinski definition) is 5. The SMILES string of the molecule is CCNC(CC)c1nnc(Cc2ccsc2)s1. The minimum Gasteiger partial charge on any atom is -0.308 e. The second kappa shape index (κ2) is 6.23. The fourth-order valence-corrected chi connectivity index (χ4v) is 3.40. The van der Waals surface area contributed by atoms with Crippen molar-refractivity contribution < 1.29 is 0 Å². The molecule has 0 aliphatic heterocycles. The van der Waals surface area contributed by atoms with Crippen molar-refractivity contribution in [2.45, 2.75) is 32.7 Å². The van der Waals surface area contributed by atoms with Gasteiger partial charge in [0.15, 0.2) is 0 Å². The Kier molecular flexibility index (Phi) is 4.65. The van der Waals surface area contributed by atoms with E-state index in [0.717, 1.165) is 29.4 Å². The van der Waals surface area contributed by atoms with E-state index in [0.29, 0.717) is 6.04 Å². The van der Waals surface area contributed by atoms with Gasteiger partial charge in [0.25, 0.3) is 0 Å². The average molecular weight is 267 g/mol. The molecule has 3 nitrogen and oxygen atoms in total. The molecule has 0 saturated heterocycles. The van der Waals surface area contributed by atoms with Crippen LogP contribution in [-0.2, 0) is 6.42 Å². The molecule has 2 heterocycles. The van der Waals surface area contributed by atoms with Crippen LogP contribution in [0.25, 0.3) is 0 Å². The zero-order chi connectivity index (χ0) is 12.1. The van der Waals surface area contributed by atoms with Crippen molar-refractivity contribution in [3.8, 4) is 0 Å². The maximum Gasteiger partial charge on any atom is 0.134 e.